The van der Waals surface area contributed by atoms with Crippen LogP contribution >= 0.6 is 0 Å². The molecule has 0 bridgehead atoms. The highest BCUT2D eigenvalue weighted by Crippen LogP contribution is 2.20. The van der Waals surface area contributed by atoms with E-state index in [1.165, 1.54) is 38.8 Å². The van der Waals surface area contributed by atoms with Gasteiger partial charge in [0.1, 0.15) is 6.29 Å². The highest BCUT2D eigenvalue weighted by atomic mass is 16.5. The van der Waals surface area contributed by atoms with E-state index in [4.69, 9.17) is 14.3 Å². The number of nitrogens with zero attached hydrogens (tertiary/aromatic N) is 3. The Labute approximate surface area is 261 Å². The zero-order valence-electron chi connectivity index (χ0n) is 27.6. The second-order valence-electron chi connectivity index (χ2n) is 11.3. The smallest absolute Gasteiger partial charge is 0.213 e. The zero-order valence-corrected chi connectivity index (χ0v) is 27.6. The maximum absolute atomic E-state index is 11.9. The van der Waals surface area contributed by atoms with Crippen molar-refractivity contribution in [2.45, 2.75) is 71.9 Å². The third-order valence-electron chi connectivity index (χ3n) is 8.14. The van der Waals surface area contributed by atoms with Crippen molar-refractivity contribution < 1.29 is 19.1 Å². The number of amides is 2. The normalized spacial score (nSPS) is 22.9. The van der Waals surface area contributed by atoms with Crippen LogP contribution in [0.1, 0.15) is 59.8 Å². The average molecular weight is 605 g/mol. The van der Waals surface area contributed by atoms with Crippen LogP contribution in [0.5, 0.6) is 0 Å². The Bertz CT molecular complexity index is 831. The Morgan fingerprint density at radius 3 is 2.40 bits per heavy atom. The van der Waals surface area contributed by atoms with Crippen LogP contribution in [0.2, 0.25) is 0 Å². The predicted molar refractivity (Wildman–Crippen MR) is 176 cm³/mol. The number of imide groups is 1. The van der Waals surface area contributed by atoms with E-state index < -0.39 is 0 Å². The molecule has 2 saturated heterocycles. The fourth-order valence-electron chi connectivity index (χ4n) is 5.31. The van der Waals surface area contributed by atoms with Gasteiger partial charge in [0.2, 0.25) is 12.8 Å². The monoisotopic (exact) mass is 604 g/mol. The largest absolute Gasteiger partial charge is 0.390 e. The second-order valence-corrected chi connectivity index (χ2v) is 11.3. The van der Waals surface area contributed by atoms with E-state index in [1.807, 2.05) is 32.2 Å². The molecule has 1 atom stereocenters. The van der Waals surface area contributed by atoms with Gasteiger partial charge in [-0.2, -0.15) is 0 Å². The van der Waals surface area contributed by atoms with Crippen LogP contribution in [0.15, 0.2) is 35.6 Å². The topological polar surface area (TPSA) is 106 Å². The van der Waals surface area contributed by atoms with Crippen LogP contribution in [0.3, 0.4) is 0 Å². The number of hydrogen-bond acceptors (Lipinski definition) is 9. The molecule has 0 aliphatic carbocycles. The van der Waals surface area contributed by atoms with Gasteiger partial charge in [0.25, 0.3) is 0 Å². The first kappa shape index (κ1) is 38.7. The first-order chi connectivity index (χ1) is 21.0. The van der Waals surface area contributed by atoms with E-state index in [-0.39, 0.29) is 0 Å². The van der Waals surface area contributed by atoms with Crippen LogP contribution in [-0.4, -0.2) is 125 Å². The number of likely N-dealkylation sites (tertiary alicyclic amines) is 1. The molecule has 0 radical (unpaired) electrons. The van der Waals surface area contributed by atoms with Gasteiger partial charge in [-0.05, 0) is 82.6 Å². The van der Waals surface area contributed by atoms with Crippen molar-refractivity contribution in [1.29, 1.82) is 0 Å². The summed E-state index contributed by atoms with van der Waals surface area (Å²) >= 11 is 0. The highest BCUT2D eigenvalue weighted by molar-refractivity contribution is 5.81. The molecule has 10 nitrogen and oxygen atoms in total. The van der Waals surface area contributed by atoms with Crippen LogP contribution in [0.25, 0.3) is 0 Å². The SMILES string of the molecule is CC.CCCC(C)N(C)CC1=C/CCN(CC2CCN(CCOC3CNC3)CC2)CCN/C=C/C=C\1C=O.O=CNC=O. The predicted octanol–water partition coefficient (Wildman–Crippen LogP) is 2.58. The van der Waals surface area contributed by atoms with Crippen LogP contribution in [0, 0.1) is 5.92 Å². The molecule has 246 valence electrons. The fraction of sp³-hybridized carbons (Fsp3) is 0.727. The average Bonchev–Trinajstić information content (AvgIpc) is 2.99. The van der Waals surface area contributed by atoms with Crippen molar-refractivity contribution in [3.63, 3.8) is 0 Å². The standard InChI is InChI=1S/C29H51N5O2.C2H3NO2.C2H6/c1-4-7-25(2)32(3)23-27-9-6-14-34(17-13-30-12-5-8-28(27)24-35)22-26-10-15-33(16-11-26)18-19-36-29-20-31-21-29;4-1-3-2-5;1-2/h5,8-9,12,24-26,29-31H,4,6-7,10-11,13-23H2,1-3H3;1-2H,(H,3,4,5);1-2H3/b12-5+,27-9-,28-8-;;. The first-order valence-corrected chi connectivity index (χ1v) is 16.4. The van der Waals surface area contributed by atoms with Crippen molar-refractivity contribution in [3.8, 4) is 0 Å². The van der Waals surface area contributed by atoms with Gasteiger partial charge in [0.15, 0.2) is 0 Å². The Morgan fingerprint density at radius 1 is 1.09 bits per heavy atom. The van der Waals surface area contributed by atoms with Crippen molar-refractivity contribution in [2.24, 2.45) is 5.92 Å². The third-order valence-corrected chi connectivity index (χ3v) is 8.14. The molecule has 3 N–H and O–H groups in total. The maximum Gasteiger partial charge on any atom is 0.213 e. The number of ether oxygens (including phenoxy) is 1. The molecule has 0 aromatic heterocycles. The Kier molecular flexibility index (Phi) is 22.5. The van der Waals surface area contributed by atoms with Gasteiger partial charge in [0.05, 0.1) is 12.7 Å². The van der Waals surface area contributed by atoms with Gasteiger partial charge in [-0.1, -0.05) is 33.3 Å². The molecule has 3 aliphatic rings. The molecular formula is C33H60N6O4. The summed E-state index contributed by atoms with van der Waals surface area (Å²) in [6.07, 6.45) is 16.2. The Balaban J connectivity index is 0.00000120. The minimum atomic E-state index is 0.312. The molecular weight excluding hydrogens is 544 g/mol. The molecule has 0 aromatic rings. The quantitative estimate of drug-likeness (QED) is 0.258. The second kappa shape index (κ2) is 25.0. The number of rotatable bonds is 14. The summed E-state index contributed by atoms with van der Waals surface area (Å²) in [6, 6.07) is 0.506. The summed E-state index contributed by atoms with van der Waals surface area (Å²) in [6.45, 7) is 19.8. The van der Waals surface area contributed by atoms with Crippen LogP contribution in [-0.2, 0) is 19.1 Å². The molecule has 3 aliphatic heterocycles. The minimum absolute atomic E-state index is 0.312. The van der Waals surface area contributed by atoms with Gasteiger partial charge in [0, 0.05) is 64.0 Å². The van der Waals surface area contributed by atoms with Gasteiger partial charge in [-0.3, -0.25) is 19.3 Å². The number of nitrogens with one attached hydrogen (secondary N) is 3. The van der Waals surface area contributed by atoms with E-state index in [9.17, 15) is 4.79 Å². The molecule has 0 spiro atoms. The number of carbonyl (C=O) groups is 3. The van der Waals surface area contributed by atoms with Crippen molar-refractivity contribution in [2.75, 3.05) is 79.1 Å². The maximum atomic E-state index is 11.9. The summed E-state index contributed by atoms with van der Waals surface area (Å²) in [4.78, 5) is 37.6. The molecule has 3 heterocycles. The van der Waals surface area contributed by atoms with E-state index in [2.05, 4.69) is 52.3 Å². The minimum Gasteiger partial charge on any atom is -0.390 e. The molecule has 10 heteroatoms. The summed E-state index contributed by atoms with van der Waals surface area (Å²) in [7, 11) is 2.17. The zero-order chi connectivity index (χ0) is 31.7. The number of aldehydes is 1. The van der Waals surface area contributed by atoms with Crippen molar-refractivity contribution in [1.82, 2.24) is 30.7 Å². The summed E-state index contributed by atoms with van der Waals surface area (Å²) in [5.41, 5.74) is 1.94. The number of likely N-dealkylation sites (N-methyl/N-ethyl adjacent to an activating group) is 1. The molecule has 0 aromatic carbocycles. The molecule has 2 amide bonds. The number of allylic oxidation sites excluding steroid dienone is 2. The fourth-order valence-corrected chi connectivity index (χ4v) is 5.31. The lowest BCUT2D eigenvalue weighted by molar-refractivity contribution is -0.117. The molecule has 2 fully saturated rings. The first-order valence-electron chi connectivity index (χ1n) is 16.4. The van der Waals surface area contributed by atoms with Crippen LogP contribution in [0.4, 0.5) is 0 Å². The summed E-state index contributed by atoms with van der Waals surface area (Å²) < 4.78 is 5.91. The molecule has 0 saturated carbocycles. The Morgan fingerprint density at radius 2 is 1.81 bits per heavy atom. The van der Waals surface area contributed by atoms with E-state index in [0.717, 1.165) is 88.7 Å². The number of hydrogen-bond donors (Lipinski definition) is 3. The van der Waals surface area contributed by atoms with E-state index in [0.29, 0.717) is 25.0 Å². The summed E-state index contributed by atoms with van der Waals surface area (Å²) in [5, 5.41) is 8.43. The van der Waals surface area contributed by atoms with Gasteiger partial charge < -0.3 is 30.5 Å². The summed E-state index contributed by atoms with van der Waals surface area (Å²) in [5.74, 6) is 0.761. The highest BCUT2D eigenvalue weighted by Gasteiger charge is 2.22. The molecule has 43 heavy (non-hydrogen) atoms. The number of piperidine rings is 1. The Hall–Kier alpha value is -2.37. The van der Waals surface area contributed by atoms with Crippen molar-refractivity contribution in [3.05, 3.63) is 35.6 Å². The van der Waals surface area contributed by atoms with Gasteiger partial charge in [-0.15, -0.1) is 0 Å². The third kappa shape index (κ3) is 16.9. The lowest BCUT2D eigenvalue weighted by Crippen LogP contribution is -2.49. The van der Waals surface area contributed by atoms with E-state index >= 15 is 0 Å². The number of carbonyl (C=O) groups excluding carboxylic acids is 3. The lowest BCUT2D eigenvalue weighted by Gasteiger charge is -2.35. The van der Waals surface area contributed by atoms with Gasteiger partial charge >= 0.3 is 0 Å². The molecule has 1 unspecified atom stereocenters. The van der Waals surface area contributed by atoms with E-state index in [1.54, 1.807) is 5.32 Å². The lowest BCUT2D eigenvalue weighted by atomic mass is 9.96. The van der Waals surface area contributed by atoms with Gasteiger partial charge in [-0.25, -0.2) is 0 Å². The van der Waals surface area contributed by atoms with Crippen LogP contribution < -0.4 is 16.0 Å². The molecule has 3 rings (SSSR count). The van der Waals surface area contributed by atoms with Crippen molar-refractivity contribution >= 4 is 19.1 Å².